The quantitative estimate of drug-likeness (QED) is 0.713. The Morgan fingerprint density at radius 1 is 1.25 bits per heavy atom. The highest BCUT2D eigenvalue weighted by atomic mass is 35.5. The Hall–Kier alpha value is -1.99. The van der Waals surface area contributed by atoms with Gasteiger partial charge >= 0.3 is 12.0 Å². The van der Waals surface area contributed by atoms with Crippen LogP contribution in [0.3, 0.4) is 0 Å². The normalized spacial score (nSPS) is 11.3. The third-order valence-corrected chi connectivity index (χ3v) is 3.19. The maximum Gasteiger partial charge on any atom is 0.347 e. The van der Waals surface area contributed by atoms with Crippen molar-refractivity contribution in [3.8, 4) is 5.75 Å². The molecule has 0 aliphatic heterocycles. The molecule has 132 valence electrons. The number of urea groups is 1. The molecule has 7 nitrogen and oxygen atoms in total. The summed E-state index contributed by atoms with van der Waals surface area (Å²) in [6, 6.07) is 3.90. The van der Waals surface area contributed by atoms with E-state index in [1.165, 1.54) is 19.1 Å². The SMILES string of the molecule is CCCNC(=O)NC(=O)COC(=O)[C@@H](C)Oc1ccc(Cl)cc1Cl. The molecule has 9 heteroatoms. The summed E-state index contributed by atoms with van der Waals surface area (Å²) >= 11 is 11.7. The summed E-state index contributed by atoms with van der Waals surface area (Å²) in [6.45, 7) is 3.16. The minimum absolute atomic E-state index is 0.243. The molecule has 0 aliphatic carbocycles. The lowest BCUT2D eigenvalue weighted by molar-refractivity contribution is -0.154. The van der Waals surface area contributed by atoms with Crippen LogP contribution in [0.2, 0.25) is 10.0 Å². The molecule has 2 N–H and O–H groups in total. The number of halogens is 2. The van der Waals surface area contributed by atoms with Crippen molar-refractivity contribution >= 4 is 41.1 Å². The van der Waals surface area contributed by atoms with E-state index in [-0.39, 0.29) is 10.8 Å². The van der Waals surface area contributed by atoms with Gasteiger partial charge < -0.3 is 14.8 Å². The topological polar surface area (TPSA) is 93.7 Å². The second kappa shape index (κ2) is 10.00. The standard InChI is InChI=1S/C15H18Cl2N2O5/c1-3-6-18-15(22)19-13(20)8-23-14(21)9(2)24-12-5-4-10(16)7-11(12)17/h4-5,7,9H,3,6,8H2,1-2H3,(H2,18,19,20,22)/t9-/m1/s1. The Morgan fingerprint density at radius 2 is 1.96 bits per heavy atom. The van der Waals surface area contributed by atoms with Crippen LogP contribution in [0.15, 0.2) is 18.2 Å². The first-order valence-electron chi connectivity index (χ1n) is 7.19. The lowest BCUT2D eigenvalue weighted by atomic mass is 10.3. The molecule has 3 amide bonds. The fourth-order valence-corrected chi connectivity index (χ4v) is 1.96. The van der Waals surface area contributed by atoms with Gasteiger partial charge in [0, 0.05) is 11.6 Å². The number of hydrogen-bond acceptors (Lipinski definition) is 5. The predicted molar refractivity (Wildman–Crippen MR) is 89.3 cm³/mol. The van der Waals surface area contributed by atoms with Crippen molar-refractivity contribution in [1.82, 2.24) is 10.6 Å². The van der Waals surface area contributed by atoms with Gasteiger partial charge in [-0.1, -0.05) is 30.1 Å². The maximum atomic E-state index is 11.8. The van der Waals surface area contributed by atoms with Gasteiger partial charge in [0.1, 0.15) is 5.75 Å². The molecule has 1 rings (SSSR count). The second-order valence-electron chi connectivity index (χ2n) is 4.75. The number of hydrogen-bond donors (Lipinski definition) is 2. The van der Waals surface area contributed by atoms with Gasteiger partial charge in [-0.3, -0.25) is 10.1 Å². The van der Waals surface area contributed by atoms with Crippen LogP contribution in [0.4, 0.5) is 4.79 Å². The summed E-state index contributed by atoms with van der Waals surface area (Å²) in [5.41, 5.74) is 0. The van der Waals surface area contributed by atoms with E-state index in [2.05, 4.69) is 5.32 Å². The molecular weight excluding hydrogens is 359 g/mol. The van der Waals surface area contributed by atoms with E-state index >= 15 is 0 Å². The molecule has 1 aromatic rings. The van der Waals surface area contributed by atoms with Crippen molar-refractivity contribution < 1.29 is 23.9 Å². The van der Waals surface area contributed by atoms with Crippen molar-refractivity contribution in [2.45, 2.75) is 26.4 Å². The molecule has 1 atom stereocenters. The van der Waals surface area contributed by atoms with Crippen molar-refractivity contribution in [3.05, 3.63) is 28.2 Å². The molecule has 0 spiro atoms. The summed E-state index contributed by atoms with van der Waals surface area (Å²) in [4.78, 5) is 34.5. The van der Waals surface area contributed by atoms with E-state index in [9.17, 15) is 14.4 Å². The Kier molecular flexibility index (Phi) is 8.35. The van der Waals surface area contributed by atoms with Gasteiger partial charge in [-0.25, -0.2) is 9.59 Å². The third-order valence-electron chi connectivity index (χ3n) is 2.66. The van der Waals surface area contributed by atoms with Crippen LogP contribution < -0.4 is 15.4 Å². The number of ether oxygens (including phenoxy) is 2. The maximum absolute atomic E-state index is 11.8. The van der Waals surface area contributed by atoms with Gasteiger partial charge in [-0.05, 0) is 31.5 Å². The Balaban J connectivity index is 2.41. The highest BCUT2D eigenvalue weighted by molar-refractivity contribution is 6.35. The molecule has 0 heterocycles. The zero-order valence-corrected chi connectivity index (χ0v) is 14.7. The number of carbonyl (C=O) groups is 3. The molecule has 0 radical (unpaired) electrons. The summed E-state index contributed by atoms with van der Waals surface area (Å²) in [6.07, 6.45) is -0.260. The monoisotopic (exact) mass is 376 g/mol. The number of nitrogens with one attached hydrogen (secondary N) is 2. The molecule has 0 aromatic heterocycles. The largest absolute Gasteiger partial charge is 0.477 e. The number of imide groups is 1. The van der Waals surface area contributed by atoms with E-state index in [0.29, 0.717) is 11.6 Å². The van der Waals surface area contributed by atoms with E-state index in [4.69, 9.17) is 32.7 Å². The van der Waals surface area contributed by atoms with Gasteiger partial charge in [0.15, 0.2) is 12.7 Å². The molecule has 0 unspecified atom stereocenters. The fraction of sp³-hybridized carbons (Fsp3) is 0.400. The van der Waals surface area contributed by atoms with E-state index in [0.717, 1.165) is 6.42 Å². The zero-order valence-electron chi connectivity index (χ0n) is 13.2. The molecule has 0 fully saturated rings. The van der Waals surface area contributed by atoms with Crippen LogP contribution in [0.1, 0.15) is 20.3 Å². The Morgan fingerprint density at radius 3 is 2.58 bits per heavy atom. The fourth-order valence-electron chi connectivity index (χ4n) is 1.51. The summed E-state index contributed by atoms with van der Waals surface area (Å²) < 4.78 is 10.1. The average molecular weight is 377 g/mol. The molecule has 0 saturated heterocycles. The molecule has 24 heavy (non-hydrogen) atoms. The Labute approximate surface area is 149 Å². The van der Waals surface area contributed by atoms with Crippen LogP contribution >= 0.6 is 23.2 Å². The van der Waals surface area contributed by atoms with Crippen LogP contribution in [0.25, 0.3) is 0 Å². The molecule has 1 aromatic carbocycles. The van der Waals surface area contributed by atoms with Crippen LogP contribution in [-0.2, 0) is 14.3 Å². The first-order chi connectivity index (χ1) is 11.3. The summed E-state index contributed by atoms with van der Waals surface area (Å²) in [7, 11) is 0. The summed E-state index contributed by atoms with van der Waals surface area (Å²) in [5.74, 6) is -1.26. The van der Waals surface area contributed by atoms with Crippen molar-refractivity contribution in [3.63, 3.8) is 0 Å². The number of amides is 3. The van der Waals surface area contributed by atoms with E-state index < -0.39 is 30.6 Å². The van der Waals surface area contributed by atoms with E-state index in [1.807, 2.05) is 12.2 Å². The first-order valence-corrected chi connectivity index (χ1v) is 7.95. The smallest absolute Gasteiger partial charge is 0.347 e. The van der Waals surface area contributed by atoms with Crippen molar-refractivity contribution in [1.29, 1.82) is 0 Å². The van der Waals surface area contributed by atoms with Gasteiger partial charge in [-0.15, -0.1) is 0 Å². The molecule has 0 bridgehead atoms. The Bertz CT molecular complexity index is 610. The lowest BCUT2D eigenvalue weighted by Crippen LogP contribution is -2.42. The number of esters is 1. The molecular formula is C15H18Cl2N2O5. The van der Waals surface area contributed by atoms with Crippen LogP contribution in [0, 0.1) is 0 Å². The molecule has 0 aliphatic rings. The zero-order chi connectivity index (χ0) is 18.1. The number of rotatable bonds is 7. The van der Waals surface area contributed by atoms with Gasteiger partial charge in [-0.2, -0.15) is 0 Å². The summed E-state index contributed by atoms with van der Waals surface area (Å²) in [5, 5.41) is 5.16. The minimum atomic E-state index is -0.995. The second-order valence-corrected chi connectivity index (χ2v) is 5.59. The molecule has 0 saturated carbocycles. The van der Waals surface area contributed by atoms with Crippen LogP contribution in [0.5, 0.6) is 5.75 Å². The highest BCUT2D eigenvalue weighted by Crippen LogP contribution is 2.28. The first kappa shape index (κ1) is 20.1. The highest BCUT2D eigenvalue weighted by Gasteiger charge is 2.19. The van der Waals surface area contributed by atoms with Gasteiger partial charge in [0.2, 0.25) is 0 Å². The minimum Gasteiger partial charge on any atom is -0.477 e. The van der Waals surface area contributed by atoms with Crippen molar-refractivity contribution in [2.24, 2.45) is 0 Å². The van der Waals surface area contributed by atoms with Crippen LogP contribution in [-0.4, -0.2) is 37.2 Å². The number of benzene rings is 1. The number of carbonyl (C=O) groups excluding carboxylic acids is 3. The van der Waals surface area contributed by atoms with Gasteiger partial charge in [0.25, 0.3) is 5.91 Å². The van der Waals surface area contributed by atoms with E-state index in [1.54, 1.807) is 6.07 Å². The van der Waals surface area contributed by atoms with Crippen molar-refractivity contribution in [2.75, 3.05) is 13.2 Å². The predicted octanol–water partition coefficient (Wildman–Crippen LogP) is 2.54. The van der Waals surface area contributed by atoms with Gasteiger partial charge in [0.05, 0.1) is 5.02 Å². The third kappa shape index (κ3) is 7.06. The lowest BCUT2D eigenvalue weighted by Gasteiger charge is -2.15. The average Bonchev–Trinajstić information content (AvgIpc) is 2.53.